The highest BCUT2D eigenvalue weighted by molar-refractivity contribution is 6.06. The molecule has 47 heavy (non-hydrogen) atoms. The average molecular weight is 641 g/mol. The van der Waals surface area contributed by atoms with Crippen LogP contribution in [0, 0.1) is 11.6 Å². The van der Waals surface area contributed by atoms with Crippen molar-refractivity contribution in [3.05, 3.63) is 66.0 Å². The van der Waals surface area contributed by atoms with Crippen molar-refractivity contribution in [2.24, 2.45) is 10.7 Å². The van der Waals surface area contributed by atoms with E-state index in [9.17, 15) is 4.79 Å². The summed E-state index contributed by atoms with van der Waals surface area (Å²) in [7, 11) is 3.27. The molecule has 5 heterocycles. The van der Waals surface area contributed by atoms with Crippen molar-refractivity contribution in [1.29, 1.82) is 0 Å². The smallest absolute Gasteiger partial charge is 0.319 e. The minimum absolute atomic E-state index is 0.00354. The van der Waals surface area contributed by atoms with Gasteiger partial charge in [-0.2, -0.15) is 9.97 Å². The third kappa shape index (κ3) is 5.75. The maximum absolute atomic E-state index is 16.7. The van der Waals surface area contributed by atoms with Gasteiger partial charge >= 0.3 is 6.01 Å². The van der Waals surface area contributed by atoms with Gasteiger partial charge in [-0.15, -0.1) is 0 Å². The SMILES string of the molecule is CN(C)C(=O)C(N)=CC1=NCCCN(c2nc(OCC34CCCN3CCC4)nc3c(F)c(-c4cccc5cccc(F)c45)ncc23)C1. The Balaban J connectivity index is 1.33. The lowest BCUT2D eigenvalue weighted by Gasteiger charge is -2.31. The summed E-state index contributed by atoms with van der Waals surface area (Å²) in [5.74, 6) is -1.01. The average Bonchev–Trinajstić information content (AvgIpc) is 3.57. The molecule has 2 fully saturated rings. The van der Waals surface area contributed by atoms with Gasteiger partial charge in [0.2, 0.25) is 0 Å². The zero-order chi connectivity index (χ0) is 32.7. The molecule has 2 aromatic heterocycles. The molecule has 10 nitrogen and oxygen atoms in total. The molecule has 0 spiro atoms. The van der Waals surface area contributed by atoms with Crippen LogP contribution in [-0.2, 0) is 4.79 Å². The fraction of sp³-hybridized carbons (Fsp3) is 0.400. The fourth-order valence-electron chi connectivity index (χ4n) is 7.25. The lowest BCUT2D eigenvalue weighted by Crippen LogP contribution is -2.43. The number of benzene rings is 2. The van der Waals surface area contributed by atoms with Crippen LogP contribution < -0.4 is 15.4 Å². The van der Waals surface area contributed by atoms with Crippen molar-refractivity contribution < 1.29 is 18.3 Å². The number of aliphatic imine (C=N–C) groups is 1. The lowest BCUT2D eigenvalue weighted by molar-refractivity contribution is -0.124. The number of likely N-dealkylation sites (N-methyl/N-ethyl adjacent to an activating group) is 1. The van der Waals surface area contributed by atoms with Crippen LogP contribution in [0.3, 0.4) is 0 Å². The van der Waals surface area contributed by atoms with Gasteiger partial charge in [0.05, 0.1) is 28.9 Å². The Morgan fingerprint density at radius 2 is 1.83 bits per heavy atom. The van der Waals surface area contributed by atoms with E-state index in [1.54, 1.807) is 56.7 Å². The third-order valence-corrected chi connectivity index (χ3v) is 9.56. The van der Waals surface area contributed by atoms with Crippen LogP contribution in [-0.4, -0.2) is 95.3 Å². The number of ether oxygens (including phenoxy) is 1. The number of anilines is 1. The zero-order valence-electron chi connectivity index (χ0n) is 26.7. The van der Waals surface area contributed by atoms with Gasteiger partial charge in [-0.25, -0.2) is 8.78 Å². The Bertz CT molecular complexity index is 1910. The van der Waals surface area contributed by atoms with E-state index < -0.39 is 11.6 Å². The highest BCUT2D eigenvalue weighted by atomic mass is 19.1. The molecule has 3 aliphatic heterocycles. The predicted molar refractivity (Wildman–Crippen MR) is 179 cm³/mol. The Morgan fingerprint density at radius 3 is 2.60 bits per heavy atom. The van der Waals surface area contributed by atoms with E-state index in [0.717, 1.165) is 38.8 Å². The normalized spacial score (nSPS) is 18.3. The minimum atomic E-state index is -0.683. The number of hydrogen-bond donors (Lipinski definition) is 1. The van der Waals surface area contributed by atoms with Crippen LogP contribution >= 0.6 is 0 Å². The predicted octanol–water partition coefficient (Wildman–Crippen LogP) is 4.71. The molecule has 3 aliphatic rings. The molecule has 7 rings (SSSR count). The Morgan fingerprint density at radius 1 is 1.06 bits per heavy atom. The Hall–Kier alpha value is -4.71. The second-order valence-electron chi connectivity index (χ2n) is 12.8. The second kappa shape index (κ2) is 12.5. The molecule has 0 radical (unpaired) electrons. The number of carbonyl (C=O) groups is 1. The summed E-state index contributed by atoms with van der Waals surface area (Å²) >= 11 is 0. The molecule has 4 aromatic rings. The van der Waals surface area contributed by atoms with Gasteiger partial charge in [0, 0.05) is 44.3 Å². The summed E-state index contributed by atoms with van der Waals surface area (Å²) in [4.78, 5) is 37.0. The van der Waals surface area contributed by atoms with Crippen LogP contribution in [0.4, 0.5) is 14.6 Å². The maximum atomic E-state index is 16.7. The first-order valence-electron chi connectivity index (χ1n) is 16.1. The number of fused-ring (bicyclic) bond motifs is 3. The standard InChI is InChI=1S/C35H38F2N8O2/c1-43(2)33(46)27(38)18-23-20-44(15-7-14-39-23)32-25-19-40-30(24-10-3-8-22-9-4-11-26(36)28(22)24)29(37)31(25)41-34(42-32)47-21-35-12-5-16-45(35)17-6-13-35/h3-4,8-11,18-19H,5-7,12-17,20-21,38H2,1-2H3. The van der Waals surface area contributed by atoms with E-state index in [2.05, 4.69) is 19.9 Å². The topological polar surface area (TPSA) is 113 Å². The molecule has 2 N–H and O–H groups in total. The number of nitrogens with zero attached hydrogens (tertiary/aromatic N) is 7. The van der Waals surface area contributed by atoms with Crippen molar-refractivity contribution in [2.75, 3.05) is 58.3 Å². The lowest BCUT2D eigenvalue weighted by atomic mass is 9.95. The summed E-state index contributed by atoms with van der Waals surface area (Å²) in [6, 6.07) is 10.1. The number of carbonyl (C=O) groups excluding carboxylic acids is 1. The van der Waals surface area contributed by atoms with Gasteiger partial charge in [-0.1, -0.05) is 30.3 Å². The largest absolute Gasteiger partial charge is 0.461 e. The molecule has 2 saturated heterocycles. The van der Waals surface area contributed by atoms with Gasteiger partial charge in [-0.3, -0.25) is 19.7 Å². The first-order valence-corrected chi connectivity index (χ1v) is 16.1. The van der Waals surface area contributed by atoms with E-state index in [1.807, 2.05) is 4.90 Å². The summed E-state index contributed by atoms with van der Waals surface area (Å²) in [5.41, 5.74) is 7.10. The monoisotopic (exact) mass is 640 g/mol. The van der Waals surface area contributed by atoms with Crippen LogP contribution in [0.5, 0.6) is 6.01 Å². The van der Waals surface area contributed by atoms with E-state index in [-0.39, 0.29) is 46.3 Å². The van der Waals surface area contributed by atoms with Crippen LogP contribution in [0.2, 0.25) is 0 Å². The molecular formula is C35H38F2N8O2. The number of amides is 1. The number of aromatic nitrogens is 3. The summed E-state index contributed by atoms with van der Waals surface area (Å²) < 4.78 is 38.2. The Labute approximate surface area is 271 Å². The molecule has 0 atom stereocenters. The van der Waals surface area contributed by atoms with Gasteiger partial charge in [0.25, 0.3) is 5.91 Å². The molecule has 12 heteroatoms. The van der Waals surface area contributed by atoms with Crippen molar-refractivity contribution in [2.45, 2.75) is 37.6 Å². The third-order valence-electron chi connectivity index (χ3n) is 9.56. The number of pyridine rings is 1. The molecule has 0 unspecified atom stereocenters. The molecule has 244 valence electrons. The van der Waals surface area contributed by atoms with Crippen LogP contribution in [0.1, 0.15) is 32.1 Å². The molecule has 2 aromatic carbocycles. The van der Waals surface area contributed by atoms with Crippen LogP contribution in [0.25, 0.3) is 32.9 Å². The molecule has 0 aliphatic carbocycles. The maximum Gasteiger partial charge on any atom is 0.319 e. The zero-order valence-corrected chi connectivity index (χ0v) is 26.7. The summed E-state index contributed by atoms with van der Waals surface area (Å²) in [6.45, 7) is 3.86. The summed E-state index contributed by atoms with van der Waals surface area (Å²) in [5, 5.41) is 1.33. The first-order chi connectivity index (χ1) is 22.7. The number of hydrogen-bond acceptors (Lipinski definition) is 9. The van der Waals surface area contributed by atoms with E-state index >= 15 is 8.78 Å². The van der Waals surface area contributed by atoms with E-state index in [1.165, 1.54) is 11.0 Å². The summed E-state index contributed by atoms with van der Waals surface area (Å²) in [6.07, 6.45) is 8.12. The second-order valence-corrected chi connectivity index (χ2v) is 12.8. The Kier molecular flexibility index (Phi) is 8.21. The molecule has 0 bridgehead atoms. The van der Waals surface area contributed by atoms with E-state index in [4.69, 9.17) is 15.5 Å². The van der Waals surface area contributed by atoms with Crippen molar-refractivity contribution in [1.82, 2.24) is 24.8 Å². The highest BCUT2D eigenvalue weighted by Gasteiger charge is 2.45. The number of halogens is 2. The quantitative estimate of drug-likeness (QED) is 0.289. The van der Waals surface area contributed by atoms with E-state index in [0.29, 0.717) is 54.0 Å². The first kappa shape index (κ1) is 30.9. The van der Waals surface area contributed by atoms with Gasteiger partial charge in [0.1, 0.15) is 29.5 Å². The van der Waals surface area contributed by atoms with Crippen molar-refractivity contribution >= 4 is 39.1 Å². The number of rotatable bonds is 7. The molecule has 0 saturated carbocycles. The van der Waals surface area contributed by atoms with Crippen molar-refractivity contribution in [3.8, 4) is 17.3 Å². The highest BCUT2D eigenvalue weighted by Crippen LogP contribution is 2.40. The van der Waals surface area contributed by atoms with Crippen LogP contribution in [0.15, 0.2) is 59.4 Å². The van der Waals surface area contributed by atoms with Gasteiger partial charge in [0.15, 0.2) is 5.82 Å². The van der Waals surface area contributed by atoms with Gasteiger partial charge < -0.3 is 20.3 Å². The van der Waals surface area contributed by atoms with Gasteiger partial charge in [-0.05, 0) is 62.7 Å². The fourth-order valence-corrected chi connectivity index (χ4v) is 7.25. The minimum Gasteiger partial charge on any atom is -0.461 e. The molecule has 1 amide bonds. The van der Waals surface area contributed by atoms with Crippen molar-refractivity contribution in [3.63, 3.8) is 0 Å². The molecular weight excluding hydrogens is 602 g/mol. The number of nitrogens with two attached hydrogens (primary N) is 1.